The Morgan fingerprint density at radius 2 is 1.08 bits per heavy atom. The molecule has 0 unspecified atom stereocenters. The molecule has 1 aliphatic carbocycles. The van der Waals surface area contributed by atoms with Crippen molar-refractivity contribution in [3.05, 3.63) is 126 Å². The first kappa shape index (κ1) is 20.2. The second-order valence-corrected chi connectivity index (χ2v) is 9.10. The Balaban J connectivity index is 1.70. The molecule has 7 rings (SSSR count). The molecule has 0 saturated heterocycles. The van der Waals surface area contributed by atoms with Gasteiger partial charge in [0.1, 0.15) is 0 Å². The van der Waals surface area contributed by atoms with E-state index in [4.69, 9.17) is 6.57 Å². The summed E-state index contributed by atoms with van der Waals surface area (Å²) in [5.41, 5.74) is 10.8. The normalized spacial score (nSPS) is 11.3. The second kappa shape index (κ2) is 7.67. The highest BCUT2D eigenvalue weighted by atomic mass is 14.6. The Morgan fingerprint density at radius 3 is 1.58 bits per heavy atom. The van der Waals surface area contributed by atoms with Crippen molar-refractivity contribution < 1.29 is 0 Å². The van der Waals surface area contributed by atoms with E-state index in [1.165, 1.54) is 54.9 Å². The molecule has 0 heterocycles. The van der Waals surface area contributed by atoms with Gasteiger partial charge in [-0.3, -0.25) is 0 Å². The Hall–Kier alpha value is -5.18. The number of rotatable bonds is 2. The maximum absolute atomic E-state index is 9.38. The van der Waals surface area contributed by atoms with Crippen LogP contribution in [0.1, 0.15) is 5.56 Å². The summed E-state index contributed by atoms with van der Waals surface area (Å²) in [6.07, 6.45) is 0. The van der Waals surface area contributed by atoms with Gasteiger partial charge in [-0.1, -0.05) is 97.1 Å². The van der Waals surface area contributed by atoms with Gasteiger partial charge in [-0.25, -0.2) is 4.85 Å². The molecule has 0 atom stereocenters. The fraction of sp³-hybridized carbons (Fsp3) is 0. The molecule has 2 heteroatoms. The Morgan fingerprint density at radius 1 is 0.556 bits per heavy atom. The zero-order valence-electron chi connectivity index (χ0n) is 19.3. The van der Waals surface area contributed by atoms with E-state index in [9.17, 15) is 5.26 Å². The summed E-state index contributed by atoms with van der Waals surface area (Å²) < 4.78 is 0. The highest BCUT2D eigenvalue weighted by molar-refractivity contribution is 6.27. The zero-order valence-corrected chi connectivity index (χ0v) is 19.3. The minimum Gasteiger partial charge on any atom is -0.238 e. The standard InChI is InChI=1S/C34H18N2/c1-36-25-18-16-24(17-19-25)32-27-9-3-2-8-26(27)31(23-14-12-21(20-35)13-15-23)33-28-10-4-6-22-7-5-11-29(30(22)28)34(32)33/h2-19H. The van der Waals surface area contributed by atoms with Gasteiger partial charge >= 0.3 is 0 Å². The van der Waals surface area contributed by atoms with E-state index in [1.807, 2.05) is 24.3 Å². The molecule has 0 saturated carbocycles. The van der Waals surface area contributed by atoms with Crippen LogP contribution in [0.3, 0.4) is 0 Å². The average Bonchev–Trinajstić information content (AvgIpc) is 3.27. The molecule has 0 amide bonds. The highest BCUT2D eigenvalue weighted by Crippen LogP contribution is 2.57. The minimum absolute atomic E-state index is 0.638. The van der Waals surface area contributed by atoms with Crippen molar-refractivity contribution >= 4 is 27.2 Å². The first-order valence-electron chi connectivity index (χ1n) is 11.9. The Bertz CT molecular complexity index is 1790. The summed E-state index contributed by atoms with van der Waals surface area (Å²) >= 11 is 0. The predicted octanol–water partition coefficient (Wildman–Crippen LogP) is 9.40. The van der Waals surface area contributed by atoms with Crippen LogP contribution in [0.4, 0.5) is 5.69 Å². The topological polar surface area (TPSA) is 28.1 Å². The maximum atomic E-state index is 9.38. The number of hydrogen-bond acceptors (Lipinski definition) is 1. The van der Waals surface area contributed by atoms with Gasteiger partial charge in [0, 0.05) is 0 Å². The Kier molecular flexibility index (Phi) is 4.31. The quantitative estimate of drug-likeness (QED) is 0.239. The van der Waals surface area contributed by atoms with Crippen molar-refractivity contribution in [1.82, 2.24) is 0 Å². The molecule has 0 bridgehead atoms. The minimum atomic E-state index is 0.638. The number of nitriles is 1. The van der Waals surface area contributed by atoms with E-state index in [0.29, 0.717) is 11.3 Å². The lowest BCUT2D eigenvalue weighted by Crippen LogP contribution is -1.93. The first-order chi connectivity index (χ1) is 17.8. The summed E-state index contributed by atoms with van der Waals surface area (Å²) in [6.45, 7) is 7.39. The lowest BCUT2D eigenvalue weighted by atomic mass is 9.82. The number of benzene rings is 6. The molecule has 6 aromatic rings. The fourth-order valence-electron chi connectivity index (χ4n) is 5.75. The van der Waals surface area contributed by atoms with Gasteiger partial charge < -0.3 is 0 Å². The highest BCUT2D eigenvalue weighted by Gasteiger charge is 2.30. The molecule has 36 heavy (non-hydrogen) atoms. The lowest BCUT2D eigenvalue weighted by Gasteiger charge is -2.20. The van der Waals surface area contributed by atoms with Crippen molar-refractivity contribution in [2.45, 2.75) is 0 Å². The van der Waals surface area contributed by atoms with Crippen LogP contribution < -0.4 is 0 Å². The third-order valence-electron chi connectivity index (χ3n) is 7.25. The van der Waals surface area contributed by atoms with E-state index < -0.39 is 0 Å². The third kappa shape index (κ3) is 2.76. The van der Waals surface area contributed by atoms with Gasteiger partial charge in [-0.15, -0.1) is 0 Å². The van der Waals surface area contributed by atoms with Crippen molar-refractivity contribution in [1.29, 1.82) is 5.26 Å². The molecular formula is C34H18N2. The molecule has 0 fully saturated rings. The largest absolute Gasteiger partial charge is 0.238 e. The average molecular weight is 455 g/mol. The van der Waals surface area contributed by atoms with Gasteiger partial charge in [-0.05, 0) is 78.2 Å². The van der Waals surface area contributed by atoms with E-state index in [1.54, 1.807) is 0 Å². The Labute approximate surface area is 209 Å². The van der Waals surface area contributed by atoms with Crippen LogP contribution in [0.25, 0.3) is 70.9 Å². The van der Waals surface area contributed by atoms with Crippen LogP contribution in [-0.2, 0) is 0 Å². The van der Waals surface area contributed by atoms with E-state index in [-0.39, 0.29) is 0 Å². The molecule has 6 aromatic carbocycles. The monoisotopic (exact) mass is 454 g/mol. The molecule has 0 radical (unpaired) electrons. The SMILES string of the molecule is [C-]#[N+]c1ccc(-c2c3c(c(-c4ccc(C#N)cc4)c4ccccc24)-c2cccc4cccc-3c24)cc1. The summed E-state index contributed by atoms with van der Waals surface area (Å²) in [5.74, 6) is 0. The number of hydrogen-bond donors (Lipinski definition) is 0. The molecule has 0 aromatic heterocycles. The molecule has 164 valence electrons. The summed E-state index contributed by atoms with van der Waals surface area (Å²) in [4.78, 5) is 3.60. The number of fused-ring (bicyclic) bond motifs is 4. The van der Waals surface area contributed by atoms with E-state index >= 15 is 0 Å². The van der Waals surface area contributed by atoms with E-state index in [2.05, 4.69) is 95.8 Å². The van der Waals surface area contributed by atoms with Gasteiger partial charge in [-0.2, -0.15) is 5.26 Å². The van der Waals surface area contributed by atoms with Gasteiger partial charge in [0.2, 0.25) is 0 Å². The molecule has 0 aliphatic heterocycles. The summed E-state index contributed by atoms with van der Waals surface area (Å²) in [5, 5.41) is 14.2. The van der Waals surface area contributed by atoms with Gasteiger partial charge in [0.25, 0.3) is 0 Å². The van der Waals surface area contributed by atoms with Crippen LogP contribution in [0.5, 0.6) is 0 Å². The van der Waals surface area contributed by atoms with Gasteiger partial charge in [0.15, 0.2) is 5.69 Å². The maximum Gasteiger partial charge on any atom is 0.187 e. The van der Waals surface area contributed by atoms with Crippen molar-refractivity contribution in [2.24, 2.45) is 0 Å². The molecule has 0 N–H and O–H groups in total. The molecule has 1 aliphatic rings. The molecule has 0 spiro atoms. The van der Waals surface area contributed by atoms with Crippen LogP contribution in [0.15, 0.2) is 109 Å². The predicted molar refractivity (Wildman–Crippen MR) is 148 cm³/mol. The second-order valence-electron chi connectivity index (χ2n) is 9.10. The van der Waals surface area contributed by atoms with Crippen molar-refractivity contribution in [2.75, 3.05) is 0 Å². The molecular weight excluding hydrogens is 436 g/mol. The number of nitrogens with zero attached hydrogens (tertiary/aromatic N) is 2. The molecule has 2 nitrogen and oxygen atoms in total. The zero-order chi connectivity index (χ0) is 24.2. The van der Waals surface area contributed by atoms with E-state index in [0.717, 1.165) is 11.1 Å². The smallest absolute Gasteiger partial charge is 0.187 e. The lowest BCUT2D eigenvalue weighted by molar-refractivity contribution is 1.48. The summed E-state index contributed by atoms with van der Waals surface area (Å²) in [6, 6.07) is 39.8. The van der Waals surface area contributed by atoms with Crippen LogP contribution >= 0.6 is 0 Å². The van der Waals surface area contributed by atoms with Crippen LogP contribution in [0, 0.1) is 17.9 Å². The van der Waals surface area contributed by atoms with Crippen LogP contribution in [-0.4, -0.2) is 0 Å². The van der Waals surface area contributed by atoms with Crippen molar-refractivity contribution in [3.8, 4) is 50.6 Å². The van der Waals surface area contributed by atoms with Crippen LogP contribution in [0.2, 0.25) is 0 Å². The third-order valence-corrected chi connectivity index (χ3v) is 7.25. The first-order valence-corrected chi connectivity index (χ1v) is 11.9. The van der Waals surface area contributed by atoms with Crippen molar-refractivity contribution in [3.63, 3.8) is 0 Å². The summed E-state index contributed by atoms with van der Waals surface area (Å²) in [7, 11) is 0. The fourth-order valence-corrected chi connectivity index (χ4v) is 5.75. The van der Waals surface area contributed by atoms with Gasteiger partial charge in [0.05, 0.1) is 18.2 Å².